The van der Waals surface area contributed by atoms with E-state index in [9.17, 15) is 19.2 Å². The molecule has 0 bridgehead atoms. The van der Waals surface area contributed by atoms with Gasteiger partial charge in [-0.25, -0.2) is 4.79 Å². The Morgan fingerprint density at radius 3 is 2.37 bits per heavy atom. The molecule has 3 amide bonds. The summed E-state index contributed by atoms with van der Waals surface area (Å²) < 4.78 is 14.6. The van der Waals surface area contributed by atoms with Gasteiger partial charge in [-0.1, -0.05) is 13.3 Å². The topological polar surface area (TPSA) is 120 Å². The standard InChI is InChI=1S/C18H24N2O7/c1-4-5-10-26-14-8-6-13(7-9-14)17(23)19-11-15(21)27-12(2)16(22)20-18(24)25-3/h6-9,12H,4-5,10-11H2,1-3H3,(H,19,23)(H,20,22,24)/t12-/m1/s1. The van der Waals surface area contributed by atoms with Gasteiger partial charge < -0.3 is 19.5 Å². The van der Waals surface area contributed by atoms with Crippen LogP contribution in [0.15, 0.2) is 24.3 Å². The van der Waals surface area contributed by atoms with Gasteiger partial charge in [0.25, 0.3) is 11.8 Å². The van der Waals surface area contributed by atoms with Crippen LogP contribution >= 0.6 is 0 Å². The number of hydrogen-bond acceptors (Lipinski definition) is 7. The van der Waals surface area contributed by atoms with E-state index in [1.807, 2.05) is 5.32 Å². The monoisotopic (exact) mass is 380 g/mol. The maximum atomic E-state index is 12.0. The van der Waals surface area contributed by atoms with Gasteiger partial charge in [0.1, 0.15) is 12.3 Å². The van der Waals surface area contributed by atoms with Gasteiger partial charge in [0.05, 0.1) is 13.7 Å². The third-order valence-corrected chi connectivity index (χ3v) is 3.36. The smallest absolute Gasteiger partial charge is 0.413 e. The molecule has 9 nitrogen and oxygen atoms in total. The van der Waals surface area contributed by atoms with Crippen molar-refractivity contribution >= 4 is 23.9 Å². The van der Waals surface area contributed by atoms with Crippen LogP contribution in [-0.4, -0.2) is 50.2 Å². The van der Waals surface area contributed by atoms with Gasteiger partial charge in [0, 0.05) is 5.56 Å². The minimum absolute atomic E-state index is 0.349. The lowest BCUT2D eigenvalue weighted by atomic mass is 10.2. The van der Waals surface area contributed by atoms with Gasteiger partial charge in [0.15, 0.2) is 6.10 Å². The van der Waals surface area contributed by atoms with Gasteiger partial charge >= 0.3 is 12.1 Å². The van der Waals surface area contributed by atoms with Crippen molar-refractivity contribution in [1.82, 2.24) is 10.6 Å². The lowest BCUT2D eigenvalue weighted by molar-refractivity contribution is -0.153. The van der Waals surface area contributed by atoms with Crippen LogP contribution < -0.4 is 15.4 Å². The van der Waals surface area contributed by atoms with E-state index in [4.69, 9.17) is 9.47 Å². The minimum atomic E-state index is -1.21. The summed E-state index contributed by atoms with van der Waals surface area (Å²) in [6.07, 6.45) is -0.202. The number of alkyl carbamates (subject to hydrolysis) is 1. The Hall–Kier alpha value is -3.10. The number of benzene rings is 1. The summed E-state index contributed by atoms with van der Waals surface area (Å²) in [5.74, 6) is -1.47. The summed E-state index contributed by atoms with van der Waals surface area (Å²) in [5.41, 5.74) is 0.349. The van der Waals surface area contributed by atoms with Crippen LogP contribution in [0, 0.1) is 0 Å². The van der Waals surface area contributed by atoms with Crippen molar-refractivity contribution in [2.45, 2.75) is 32.8 Å². The molecule has 148 valence electrons. The van der Waals surface area contributed by atoms with Gasteiger partial charge in [-0.3, -0.25) is 19.7 Å². The van der Waals surface area contributed by atoms with Gasteiger partial charge in [-0.2, -0.15) is 0 Å². The molecule has 0 aliphatic carbocycles. The molecule has 0 aliphatic rings. The number of carbonyl (C=O) groups is 4. The first-order valence-corrected chi connectivity index (χ1v) is 8.46. The second-order valence-electron chi connectivity index (χ2n) is 5.52. The molecule has 1 atom stereocenters. The molecule has 0 saturated heterocycles. The third kappa shape index (κ3) is 8.21. The molecule has 1 rings (SSSR count). The number of nitrogens with one attached hydrogen (secondary N) is 2. The molecule has 1 aromatic rings. The Balaban J connectivity index is 2.41. The number of carbonyl (C=O) groups excluding carboxylic acids is 4. The van der Waals surface area contributed by atoms with Crippen LogP contribution in [0.25, 0.3) is 0 Å². The van der Waals surface area contributed by atoms with E-state index in [0.717, 1.165) is 20.0 Å². The van der Waals surface area contributed by atoms with E-state index in [-0.39, 0.29) is 0 Å². The zero-order valence-corrected chi connectivity index (χ0v) is 15.6. The third-order valence-electron chi connectivity index (χ3n) is 3.36. The van der Waals surface area contributed by atoms with Gasteiger partial charge in [-0.05, 0) is 37.6 Å². The Labute approximate surface area is 157 Å². The first kappa shape index (κ1) is 21.9. The molecule has 2 N–H and O–H groups in total. The lowest BCUT2D eigenvalue weighted by Crippen LogP contribution is -2.41. The number of ether oxygens (including phenoxy) is 3. The van der Waals surface area contributed by atoms with E-state index in [2.05, 4.69) is 17.0 Å². The van der Waals surface area contributed by atoms with Crippen molar-refractivity contribution in [3.8, 4) is 5.75 Å². The van der Waals surface area contributed by atoms with E-state index in [1.54, 1.807) is 24.3 Å². The summed E-state index contributed by atoms with van der Waals surface area (Å²) in [7, 11) is 1.10. The second-order valence-corrected chi connectivity index (χ2v) is 5.52. The highest BCUT2D eigenvalue weighted by atomic mass is 16.6. The number of esters is 1. The number of imide groups is 1. The molecule has 0 radical (unpaired) electrons. The normalized spacial score (nSPS) is 11.1. The van der Waals surface area contributed by atoms with Crippen LogP contribution in [-0.2, 0) is 19.1 Å². The maximum Gasteiger partial charge on any atom is 0.413 e. The molecule has 0 heterocycles. The fourth-order valence-electron chi connectivity index (χ4n) is 1.84. The molecular weight excluding hydrogens is 356 g/mol. The van der Waals surface area contributed by atoms with E-state index in [1.165, 1.54) is 6.92 Å². The first-order chi connectivity index (χ1) is 12.9. The fourth-order valence-corrected chi connectivity index (χ4v) is 1.84. The van der Waals surface area contributed by atoms with Crippen molar-refractivity contribution < 1.29 is 33.4 Å². The molecule has 0 saturated carbocycles. The zero-order valence-electron chi connectivity index (χ0n) is 15.6. The second kappa shape index (κ2) is 11.5. The number of amides is 3. The predicted molar refractivity (Wildman–Crippen MR) is 95.3 cm³/mol. The molecule has 9 heteroatoms. The summed E-state index contributed by atoms with van der Waals surface area (Å²) in [4.78, 5) is 46.2. The summed E-state index contributed by atoms with van der Waals surface area (Å²) >= 11 is 0. The molecule has 0 unspecified atom stereocenters. The van der Waals surface area contributed by atoms with Crippen molar-refractivity contribution in [3.63, 3.8) is 0 Å². The molecule has 27 heavy (non-hydrogen) atoms. The van der Waals surface area contributed by atoms with Gasteiger partial charge in [-0.15, -0.1) is 0 Å². The van der Waals surface area contributed by atoms with Crippen LogP contribution in [0.5, 0.6) is 5.75 Å². The molecule has 0 spiro atoms. The Morgan fingerprint density at radius 1 is 1.11 bits per heavy atom. The Kier molecular flexibility index (Phi) is 9.35. The minimum Gasteiger partial charge on any atom is -0.494 e. The van der Waals surface area contributed by atoms with E-state index >= 15 is 0 Å². The van der Waals surface area contributed by atoms with Crippen LogP contribution in [0.2, 0.25) is 0 Å². The molecule has 1 aromatic carbocycles. The van der Waals surface area contributed by atoms with Crippen LogP contribution in [0.4, 0.5) is 4.79 Å². The average molecular weight is 380 g/mol. The quantitative estimate of drug-likeness (QED) is 0.491. The molecule has 0 aromatic heterocycles. The largest absolute Gasteiger partial charge is 0.494 e. The number of hydrogen-bond donors (Lipinski definition) is 2. The number of methoxy groups -OCH3 is 1. The zero-order chi connectivity index (χ0) is 20.2. The molecule has 0 aliphatic heterocycles. The highest BCUT2D eigenvalue weighted by Crippen LogP contribution is 2.12. The maximum absolute atomic E-state index is 12.0. The SMILES string of the molecule is CCCCOc1ccc(C(=O)NCC(=O)O[C@H](C)C(=O)NC(=O)OC)cc1. The first-order valence-electron chi connectivity index (χ1n) is 8.46. The lowest BCUT2D eigenvalue weighted by Gasteiger charge is -2.12. The average Bonchev–Trinajstić information content (AvgIpc) is 2.66. The summed E-state index contributed by atoms with van der Waals surface area (Å²) in [6, 6.07) is 6.49. The van der Waals surface area contributed by atoms with Crippen molar-refractivity contribution in [2.24, 2.45) is 0 Å². The van der Waals surface area contributed by atoms with E-state index < -0.39 is 36.5 Å². The van der Waals surface area contributed by atoms with Crippen LogP contribution in [0.1, 0.15) is 37.0 Å². The van der Waals surface area contributed by atoms with Crippen LogP contribution in [0.3, 0.4) is 0 Å². The Bertz CT molecular complexity index is 658. The molecular formula is C18H24N2O7. The summed E-state index contributed by atoms with van der Waals surface area (Å²) in [5, 5.41) is 4.26. The van der Waals surface area contributed by atoms with E-state index in [0.29, 0.717) is 17.9 Å². The highest BCUT2D eigenvalue weighted by Gasteiger charge is 2.20. The predicted octanol–water partition coefficient (Wildman–Crippen LogP) is 1.41. The van der Waals surface area contributed by atoms with Crippen molar-refractivity contribution in [3.05, 3.63) is 29.8 Å². The highest BCUT2D eigenvalue weighted by molar-refractivity contribution is 5.97. The van der Waals surface area contributed by atoms with Crippen molar-refractivity contribution in [2.75, 3.05) is 20.3 Å². The fraction of sp³-hybridized carbons (Fsp3) is 0.444. The number of unbranched alkanes of at least 4 members (excludes halogenated alkanes) is 1. The Morgan fingerprint density at radius 2 is 1.78 bits per heavy atom. The van der Waals surface area contributed by atoms with Gasteiger partial charge in [0.2, 0.25) is 0 Å². The summed E-state index contributed by atoms with van der Waals surface area (Å²) in [6.45, 7) is 3.53. The van der Waals surface area contributed by atoms with Crippen molar-refractivity contribution in [1.29, 1.82) is 0 Å². The molecule has 0 fully saturated rings. The number of rotatable bonds is 9.